The molecule has 0 fully saturated rings. The van der Waals surface area contributed by atoms with Crippen molar-refractivity contribution in [3.05, 3.63) is 28.2 Å². The standard InChI is InChI=1S/C10H12BrN5S/c1-16-10(13-14-15-16)17-8-3-2-7(4-5-12)9(11)6-8/h2-3,6H,4-5,12H2,1H3. The van der Waals surface area contributed by atoms with Crippen molar-refractivity contribution in [3.63, 3.8) is 0 Å². The first kappa shape index (κ1) is 12.5. The van der Waals surface area contributed by atoms with Gasteiger partial charge in [0.15, 0.2) is 0 Å². The normalized spacial score (nSPS) is 10.8. The predicted molar refractivity (Wildman–Crippen MR) is 69.8 cm³/mol. The maximum atomic E-state index is 5.54. The zero-order valence-corrected chi connectivity index (χ0v) is 11.7. The Morgan fingerprint density at radius 2 is 2.29 bits per heavy atom. The van der Waals surface area contributed by atoms with Crippen LogP contribution < -0.4 is 5.73 Å². The average molecular weight is 314 g/mol. The van der Waals surface area contributed by atoms with E-state index in [1.165, 1.54) is 17.3 Å². The molecule has 0 aliphatic heterocycles. The first-order chi connectivity index (χ1) is 8.20. The number of nitrogens with two attached hydrogens (primary N) is 1. The van der Waals surface area contributed by atoms with Crippen molar-refractivity contribution in [2.75, 3.05) is 6.54 Å². The Balaban J connectivity index is 2.18. The van der Waals surface area contributed by atoms with Crippen molar-refractivity contribution >= 4 is 27.7 Å². The summed E-state index contributed by atoms with van der Waals surface area (Å²) in [6.07, 6.45) is 0.872. The van der Waals surface area contributed by atoms with Crippen LogP contribution in [0.2, 0.25) is 0 Å². The molecule has 2 N–H and O–H groups in total. The van der Waals surface area contributed by atoms with E-state index in [2.05, 4.69) is 49.7 Å². The van der Waals surface area contributed by atoms with Gasteiger partial charge in [-0.15, -0.1) is 5.10 Å². The van der Waals surface area contributed by atoms with Crippen LogP contribution in [0.25, 0.3) is 0 Å². The second-order valence-corrected chi connectivity index (χ2v) is 5.37. The summed E-state index contributed by atoms with van der Waals surface area (Å²) in [6.45, 7) is 0.651. The lowest BCUT2D eigenvalue weighted by Gasteiger charge is -2.05. The van der Waals surface area contributed by atoms with Gasteiger partial charge in [-0.2, -0.15) is 0 Å². The van der Waals surface area contributed by atoms with Gasteiger partial charge in [0.1, 0.15) is 0 Å². The molecule has 0 spiro atoms. The van der Waals surface area contributed by atoms with Gasteiger partial charge in [-0.25, -0.2) is 4.68 Å². The fraction of sp³-hybridized carbons (Fsp3) is 0.300. The topological polar surface area (TPSA) is 69.6 Å². The van der Waals surface area contributed by atoms with Crippen LogP contribution in [0.3, 0.4) is 0 Å². The van der Waals surface area contributed by atoms with Gasteiger partial charge in [0.2, 0.25) is 5.16 Å². The van der Waals surface area contributed by atoms with Crippen molar-refractivity contribution in [2.24, 2.45) is 12.8 Å². The molecule has 7 heteroatoms. The number of rotatable bonds is 4. The molecule has 0 saturated heterocycles. The summed E-state index contributed by atoms with van der Waals surface area (Å²) in [5, 5.41) is 12.1. The number of hydrogen-bond acceptors (Lipinski definition) is 5. The molecule has 0 radical (unpaired) electrons. The van der Waals surface area contributed by atoms with Crippen LogP contribution in [0, 0.1) is 0 Å². The van der Waals surface area contributed by atoms with E-state index in [0.717, 1.165) is 20.9 Å². The van der Waals surface area contributed by atoms with Gasteiger partial charge in [-0.1, -0.05) is 22.0 Å². The van der Waals surface area contributed by atoms with E-state index >= 15 is 0 Å². The van der Waals surface area contributed by atoms with Gasteiger partial charge in [0.05, 0.1) is 0 Å². The third kappa shape index (κ3) is 3.05. The van der Waals surface area contributed by atoms with Crippen LogP contribution in [0.5, 0.6) is 0 Å². The molecule has 0 aliphatic carbocycles. The summed E-state index contributed by atoms with van der Waals surface area (Å²) in [5.41, 5.74) is 6.76. The minimum Gasteiger partial charge on any atom is -0.330 e. The highest BCUT2D eigenvalue weighted by Crippen LogP contribution is 2.29. The van der Waals surface area contributed by atoms with E-state index in [0.29, 0.717) is 6.54 Å². The Kier molecular flexibility index (Phi) is 4.14. The highest BCUT2D eigenvalue weighted by atomic mass is 79.9. The molecule has 2 aromatic rings. The molecule has 1 aromatic carbocycles. The summed E-state index contributed by atoms with van der Waals surface area (Å²) in [4.78, 5) is 1.09. The molecule has 1 heterocycles. The molecule has 5 nitrogen and oxygen atoms in total. The number of aromatic nitrogens is 4. The monoisotopic (exact) mass is 313 g/mol. The predicted octanol–water partition coefficient (Wildman–Crippen LogP) is 1.62. The van der Waals surface area contributed by atoms with E-state index in [4.69, 9.17) is 5.73 Å². The Morgan fingerprint density at radius 1 is 1.47 bits per heavy atom. The third-order valence-electron chi connectivity index (χ3n) is 2.23. The van der Waals surface area contributed by atoms with E-state index in [9.17, 15) is 0 Å². The van der Waals surface area contributed by atoms with Crippen LogP contribution in [-0.2, 0) is 13.5 Å². The zero-order valence-electron chi connectivity index (χ0n) is 9.30. The molecule has 2 rings (SSSR count). The maximum Gasteiger partial charge on any atom is 0.213 e. The molecule has 90 valence electrons. The van der Waals surface area contributed by atoms with Crippen LogP contribution in [0.4, 0.5) is 0 Å². The van der Waals surface area contributed by atoms with E-state index in [-0.39, 0.29) is 0 Å². The van der Waals surface area contributed by atoms with Gasteiger partial charge in [0, 0.05) is 16.4 Å². The second kappa shape index (κ2) is 5.61. The smallest absolute Gasteiger partial charge is 0.213 e. The Morgan fingerprint density at radius 3 is 2.88 bits per heavy atom. The lowest BCUT2D eigenvalue weighted by molar-refractivity contribution is 0.664. The highest BCUT2D eigenvalue weighted by molar-refractivity contribution is 9.10. The summed E-state index contributed by atoms with van der Waals surface area (Å²) in [6, 6.07) is 6.18. The van der Waals surface area contributed by atoms with Crippen LogP contribution in [0.1, 0.15) is 5.56 Å². The molecular formula is C10H12BrN5S. The molecule has 0 bridgehead atoms. The second-order valence-electron chi connectivity index (χ2n) is 3.48. The van der Waals surface area contributed by atoms with Gasteiger partial charge >= 0.3 is 0 Å². The lowest BCUT2D eigenvalue weighted by Crippen LogP contribution is -2.03. The molecule has 17 heavy (non-hydrogen) atoms. The lowest BCUT2D eigenvalue weighted by atomic mass is 10.1. The average Bonchev–Trinajstić information content (AvgIpc) is 2.69. The van der Waals surface area contributed by atoms with E-state index in [1.807, 2.05) is 7.05 Å². The van der Waals surface area contributed by atoms with Gasteiger partial charge < -0.3 is 5.73 Å². The van der Waals surface area contributed by atoms with E-state index < -0.39 is 0 Å². The number of halogens is 1. The van der Waals surface area contributed by atoms with Gasteiger partial charge in [0.25, 0.3) is 0 Å². The third-order valence-corrected chi connectivity index (χ3v) is 3.98. The van der Waals surface area contributed by atoms with Gasteiger partial charge in [-0.05, 0) is 52.9 Å². The molecule has 0 saturated carbocycles. The Bertz CT molecular complexity index is 513. The molecule has 0 unspecified atom stereocenters. The fourth-order valence-electron chi connectivity index (χ4n) is 1.36. The number of benzene rings is 1. The number of aryl methyl sites for hydroxylation is 1. The first-order valence-electron chi connectivity index (χ1n) is 5.09. The Hall–Kier alpha value is -0.920. The quantitative estimate of drug-likeness (QED) is 0.929. The fourth-order valence-corrected chi connectivity index (χ4v) is 2.86. The van der Waals surface area contributed by atoms with Crippen LogP contribution in [0.15, 0.2) is 32.7 Å². The minimum absolute atomic E-state index is 0.651. The summed E-state index contributed by atoms with van der Waals surface area (Å²) in [5.74, 6) is 0. The SMILES string of the molecule is Cn1nnnc1Sc1ccc(CCN)c(Br)c1. The molecular weight excluding hydrogens is 302 g/mol. The molecule has 1 aromatic heterocycles. The molecule has 0 amide bonds. The van der Waals surface area contributed by atoms with E-state index in [1.54, 1.807) is 4.68 Å². The first-order valence-corrected chi connectivity index (χ1v) is 6.70. The van der Waals surface area contributed by atoms with Crippen LogP contribution in [-0.4, -0.2) is 26.8 Å². The van der Waals surface area contributed by atoms with Crippen molar-refractivity contribution < 1.29 is 0 Å². The van der Waals surface area contributed by atoms with Crippen molar-refractivity contribution in [3.8, 4) is 0 Å². The number of nitrogens with zero attached hydrogens (tertiary/aromatic N) is 4. The number of tetrazole rings is 1. The van der Waals surface area contributed by atoms with Crippen molar-refractivity contribution in [1.29, 1.82) is 0 Å². The molecule has 0 aliphatic rings. The molecule has 0 atom stereocenters. The van der Waals surface area contributed by atoms with Crippen molar-refractivity contribution in [1.82, 2.24) is 20.2 Å². The van der Waals surface area contributed by atoms with Gasteiger partial charge in [-0.3, -0.25) is 0 Å². The summed E-state index contributed by atoms with van der Waals surface area (Å²) >= 11 is 5.07. The number of hydrogen-bond donors (Lipinski definition) is 1. The zero-order chi connectivity index (χ0) is 12.3. The summed E-state index contributed by atoms with van der Waals surface area (Å²) in [7, 11) is 1.82. The van der Waals surface area contributed by atoms with Crippen molar-refractivity contribution in [2.45, 2.75) is 16.5 Å². The summed E-state index contributed by atoms with van der Waals surface area (Å²) < 4.78 is 2.72. The maximum absolute atomic E-state index is 5.54. The highest BCUT2D eigenvalue weighted by Gasteiger charge is 2.06. The Labute approximate surface area is 112 Å². The minimum atomic E-state index is 0.651. The van der Waals surface area contributed by atoms with Crippen LogP contribution >= 0.6 is 27.7 Å². The largest absolute Gasteiger partial charge is 0.330 e.